The molecule has 0 fully saturated rings. The lowest BCUT2D eigenvalue weighted by molar-refractivity contribution is -0.135. The number of esters is 1. The summed E-state index contributed by atoms with van der Waals surface area (Å²) in [7, 11) is 0. The van der Waals surface area contributed by atoms with Crippen molar-refractivity contribution in [3.8, 4) is 0 Å². The molecule has 0 unspecified atom stereocenters. The van der Waals surface area contributed by atoms with Crippen molar-refractivity contribution < 1.29 is 13.9 Å². The van der Waals surface area contributed by atoms with Crippen molar-refractivity contribution in [2.75, 3.05) is 12.0 Å². The number of ether oxygens (including phenoxy) is 1. The third-order valence-electron chi connectivity index (χ3n) is 2.95. The summed E-state index contributed by atoms with van der Waals surface area (Å²) in [5.74, 6) is -0.959. The van der Waals surface area contributed by atoms with Gasteiger partial charge in [0.2, 0.25) is 5.84 Å². The summed E-state index contributed by atoms with van der Waals surface area (Å²) in [6, 6.07) is 12.9. The van der Waals surface area contributed by atoms with E-state index in [0.717, 1.165) is 0 Å². The molecule has 2 rings (SSSR count). The molecule has 0 saturated heterocycles. The van der Waals surface area contributed by atoms with Crippen LogP contribution in [0.2, 0.25) is 5.02 Å². The van der Waals surface area contributed by atoms with E-state index in [1.807, 2.05) is 0 Å². The molecule has 0 aromatic heterocycles. The Morgan fingerprint density at radius 3 is 2.67 bits per heavy atom. The molecule has 24 heavy (non-hydrogen) atoms. The van der Waals surface area contributed by atoms with Crippen LogP contribution in [0.25, 0.3) is 0 Å². The Bertz CT molecular complexity index is 720. The van der Waals surface area contributed by atoms with Gasteiger partial charge in [-0.05, 0) is 48.9 Å². The summed E-state index contributed by atoms with van der Waals surface area (Å²) in [6.07, 6.45) is 0. The normalized spacial score (nSPS) is 11.0. The van der Waals surface area contributed by atoms with E-state index in [2.05, 4.69) is 15.8 Å². The maximum absolute atomic E-state index is 13.2. The monoisotopic (exact) mass is 349 g/mol. The molecule has 7 heteroatoms. The van der Waals surface area contributed by atoms with Crippen LogP contribution in [0.3, 0.4) is 0 Å². The molecular weight excluding hydrogens is 333 g/mol. The van der Waals surface area contributed by atoms with Crippen LogP contribution >= 0.6 is 11.6 Å². The Morgan fingerprint density at radius 1 is 1.25 bits per heavy atom. The molecule has 2 aromatic rings. The van der Waals surface area contributed by atoms with Crippen LogP contribution in [0, 0.1) is 5.82 Å². The molecule has 0 radical (unpaired) electrons. The number of carbonyl (C=O) groups excluding carboxylic acids is 1. The molecule has 2 aromatic carbocycles. The van der Waals surface area contributed by atoms with E-state index in [4.69, 9.17) is 16.3 Å². The SMILES string of the molecule is CCOC(=O)C(=NCc1cccc(F)c1)NNc1ccc(Cl)cc1. The number of hydrogen-bond acceptors (Lipinski definition) is 4. The van der Waals surface area contributed by atoms with Crippen molar-refractivity contribution in [2.45, 2.75) is 13.5 Å². The second-order valence-corrected chi connectivity index (χ2v) is 5.21. The lowest BCUT2D eigenvalue weighted by Crippen LogP contribution is -2.37. The number of nitrogens with one attached hydrogen (secondary N) is 2. The van der Waals surface area contributed by atoms with Gasteiger partial charge < -0.3 is 4.74 Å². The number of benzene rings is 2. The molecule has 0 aliphatic carbocycles. The van der Waals surface area contributed by atoms with E-state index >= 15 is 0 Å². The molecule has 126 valence electrons. The summed E-state index contributed by atoms with van der Waals surface area (Å²) >= 11 is 5.82. The molecule has 0 aliphatic rings. The number of hydrogen-bond donors (Lipinski definition) is 2. The van der Waals surface area contributed by atoms with Crippen LogP contribution in [-0.2, 0) is 16.1 Å². The van der Waals surface area contributed by atoms with E-state index in [0.29, 0.717) is 16.3 Å². The summed E-state index contributed by atoms with van der Waals surface area (Å²) in [5.41, 5.74) is 6.90. The summed E-state index contributed by atoms with van der Waals surface area (Å²) in [5, 5.41) is 0.603. The Hall–Kier alpha value is -2.60. The van der Waals surface area contributed by atoms with Crippen LogP contribution in [0.15, 0.2) is 53.5 Å². The summed E-state index contributed by atoms with van der Waals surface area (Å²) < 4.78 is 18.2. The Morgan fingerprint density at radius 2 is 2.00 bits per heavy atom. The minimum atomic E-state index is -0.602. The molecule has 0 amide bonds. The Kier molecular flexibility index (Phi) is 6.57. The van der Waals surface area contributed by atoms with E-state index in [-0.39, 0.29) is 24.8 Å². The highest BCUT2D eigenvalue weighted by Gasteiger charge is 2.12. The predicted molar refractivity (Wildman–Crippen MR) is 92.4 cm³/mol. The second-order valence-electron chi connectivity index (χ2n) is 4.77. The van der Waals surface area contributed by atoms with Gasteiger partial charge in [-0.15, -0.1) is 0 Å². The van der Waals surface area contributed by atoms with Crippen LogP contribution < -0.4 is 10.9 Å². The molecule has 0 bridgehead atoms. The first-order valence-electron chi connectivity index (χ1n) is 7.32. The number of halogens is 2. The van der Waals surface area contributed by atoms with Gasteiger partial charge in [-0.2, -0.15) is 0 Å². The first-order chi connectivity index (χ1) is 11.6. The van der Waals surface area contributed by atoms with Gasteiger partial charge in [-0.1, -0.05) is 23.7 Å². The molecule has 0 atom stereocenters. The largest absolute Gasteiger partial charge is 0.460 e. The molecule has 0 saturated carbocycles. The van der Waals surface area contributed by atoms with E-state index in [9.17, 15) is 9.18 Å². The fraction of sp³-hybridized carbons (Fsp3) is 0.176. The summed E-state index contributed by atoms with van der Waals surface area (Å²) in [4.78, 5) is 16.1. The number of aliphatic imine (C=N–C) groups is 1. The van der Waals surface area contributed by atoms with Gasteiger partial charge in [0, 0.05) is 5.02 Å². The number of carbonyl (C=O) groups is 1. The van der Waals surface area contributed by atoms with E-state index < -0.39 is 5.97 Å². The minimum Gasteiger partial charge on any atom is -0.460 e. The number of rotatable bonds is 5. The molecule has 0 heterocycles. The average Bonchev–Trinajstić information content (AvgIpc) is 2.56. The van der Waals surface area contributed by atoms with Crippen molar-refractivity contribution in [1.29, 1.82) is 0 Å². The maximum Gasteiger partial charge on any atom is 0.375 e. The fourth-order valence-electron chi connectivity index (χ4n) is 1.82. The van der Waals surface area contributed by atoms with Crippen LogP contribution in [-0.4, -0.2) is 18.4 Å². The lowest BCUT2D eigenvalue weighted by atomic mass is 10.2. The molecule has 2 N–H and O–H groups in total. The van der Waals surface area contributed by atoms with Gasteiger partial charge in [0.25, 0.3) is 0 Å². The van der Waals surface area contributed by atoms with Gasteiger partial charge in [0.15, 0.2) is 0 Å². The number of anilines is 1. The van der Waals surface area contributed by atoms with Gasteiger partial charge in [0.1, 0.15) is 5.82 Å². The highest BCUT2D eigenvalue weighted by molar-refractivity contribution is 6.35. The van der Waals surface area contributed by atoms with E-state index in [1.54, 1.807) is 43.3 Å². The molecule has 0 spiro atoms. The second kappa shape index (κ2) is 8.88. The van der Waals surface area contributed by atoms with Crippen molar-refractivity contribution in [2.24, 2.45) is 4.99 Å². The third kappa shape index (κ3) is 5.55. The number of amidine groups is 1. The maximum atomic E-state index is 13.2. The lowest BCUT2D eigenvalue weighted by Gasteiger charge is -2.11. The standard InChI is InChI=1S/C17H17ClFN3O2/c1-2-24-17(23)16(20-11-12-4-3-5-14(19)10-12)22-21-15-8-6-13(18)7-9-15/h3-10,21H,2,11H2,1H3,(H,20,22). The fourth-order valence-corrected chi connectivity index (χ4v) is 1.95. The Balaban J connectivity index is 2.07. The smallest absolute Gasteiger partial charge is 0.375 e. The van der Waals surface area contributed by atoms with Crippen LogP contribution in [0.5, 0.6) is 0 Å². The average molecular weight is 350 g/mol. The van der Waals surface area contributed by atoms with Crippen LogP contribution in [0.1, 0.15) is 12.5 Å². The topological polar surface area (TPSA) is 62.7 Å². The highest BCUT2D eigenvalue weighted by Crippen LogP contribution is 2.12. The van der Waals surface area contributed by atoms with Gasteiger partial charge in [-0.3, -0.25) is 15.8 Å². The zero-order valence-electron chi connectivity index (χ0n) is 13.1. The zero-order chi connectivity index (χ0) is 17.4. The van der Waals surface area contributed by atoms with E-state index in [1.165, 1.54) is 12.1 Å². The molecular formula is C17H17ClFN3O2. The van der Waals surface area contributed by atoms with Crippen molar-refractivity contribution in [3.63, 3.8) is 0 Å². The quantitative estimate of drug-likeness (QED) is 0.375. The van der Waals surface area contributed by atoms with Crippen molar-refractivity contribution in [1.82, 2.24) is 5.43 Å². The van der Waals surface area contributed by atoms with Crippen molar-refractivity contribution in [3.05, 3.63) is 64.9 Å². The Labute approximate surface area is 144 Å². The minimum absolute atomic E-state index is 0.00365. The zero-order valence-corrected chi connectivity index (χ0v) is 13.8. The number of nitrogens with zero attached hydrogens (tertiary/aromatic N) is 1. The van der Waals surface area contributed by atoms with Crippen molar-refractivity contribution >= 4 is 29.1 Å². The number of hydrazine groups is 1. The summed E-state index contributed by atoms with van der Waals surface area (Å²) in [6.45, 7) is 2.07. The molecule has 5 nitrogen and oxygen atoms in total. The van der Waals surface area contributed by atoms with Gasteiger partial charge >= 0.3 is 5.97 Å². The predicted octanol–water partition coefficient (Wildman–Crippen LogP) is 3.56. The van der Waals surface area contributed by atoms with Gasteiger partial charge in [-0.25, -0.2) is 9.18 Å². The third-order valence-corrected chi connectivity index (χ3v) is 3.20. The molecule has 0 aliphatic heterocycles. The van der Waals surface area contributed by atoms with Crippen LogP contribution in [0.4, 0.5) is 10.1 Å². The first-order valence-corrected chi connectivity index (χ1v) is 7.70. The first kappa shape index (κ1) is 17.7. The highest BCUT2D eigenvalue weighted by atomic mass is 35.5. The van der Waals surface area contributed by atoms with Gasteiger partial charge in [0.05, 0.1) is 18.8 Å².